The number of carbonyl (C=O) groups excluding carboxylic acids is 1. The summed E-state index contributed by atoms with van der Waals surface area (Å²) in [6, 6.07) is 15.8. The van der Waals surface area contributed by atoms with Gasteiger partial charge in [0.05, 0.1) is 54.7 Å². The molecule has 2 aromatic rings. The lowest BCUT2D eigenvalue weighted by atomic mass is 9.49. The molecule has 2 aromatic carbocycles. The standard InChI is InChI=1S/C35H42O10/c1-18-22(36)16-34(32(2,3)39)25(18)26(37)28-33(4)23(43-31(45-28)20-11-13-21(41-5)14-12-20)15-24-35(40,17-42-24)27(33)29(34)44-30(38)19-9-7-6-8-10-19/h6-14,22-24,26-29,31,36-37,39-40H,15-17H2,1-5H3/t22-,23-,24+,26+,27-,28-,29-,31?,33+,34-,35-/m0/s1. The van der Waals surface area contributed by atoms with Gasteiger partial charge in [-0.15, -0.1) is 0 Å². The molecule has 3 aliphatic carbocycles. The summed E-state index contributed by atoms with van der Waals surface area (Å²) in [5, 5.41) is 48.6. The van der Waals surface area contributed by atoms with Gasteiger partial charge in [-0.3, -0.25) is 0 Å². The highest BCUT2D eigenvalue weighted by atomic mass is 16.7. The van der Waals surface area contributed by atoms with Crippen LogP contribution in [0.3, 0.4) is 0 Å². The van der Waals surface area contributed by atoms with E-state index >= 15 is 0 Å². The molecule has 2 saturated carbocycles. The minimum Gasteiger partial charge on any atom is -0.497 e. The fourth-order valence-electron chi connectivity index (χ4n) is 9.22. The SMILES string of the molecule is COc1ccc(C2O[C@H]3C[C@H]4OC[C@@]4(O)[C@H]4[C@H](OC(=O)c5ccccc5)[C@]5(C(C)(C)O)C[C@H](O)C(C)=C5[C@@H](O)[C@H](O2)[C@]34C)cc1. The van der Waals surface area contributed by atoms with Gasteiger partial charge in [0.2, 0.25) is 0 Å². The van der Waals surface area contributed by atoms with Crippen LogP contribution in [0.15, 0.2) is 65.7 Å². The molecule has 45 heavy (non-hydrogen) atoms. The van der Waals surface area contributed by atoms with E-state index in [1.165, 1.54) is 0 Å². The second-order valence-corrected chi connectivity index (χ2v) is 14.1. The van der Waals surface area contributed by atoms with E-state index in [4.69, 9.17) is 23.7 Å². The minimum atomic E-state index is -1.63. The lowest BCUT2D eigenvalue weighted by Gasteiger charge is -2.66. The van der Waals surface area contributed by atoms with Crippen molar-refractivity contribution >= 4 is 5.97 Å². The molecule has 0 aromatic heterocycles. The summed E-state index contributed by atoms with van der Waals surface area (Å²) < 4.78 is 31.2. The van der Waals surface area contributed by atoms with Gasteiger partial charge in [-0.05, 0) is 62.6 Å². The van der Waals surface area contributed by atoms with Gasteiger partial charge < -0.3 is 44.1 Å². The Kier molecular flexibility index (Phi) is 7.08. The van der Waals surface area contributed by atoms with Crippen LogP contribution in [0.4, 0.5) is 0 Å². The molecule has 11 atom stereocenters. The Morgan fingerprint density at radius 3 is 2.31 bits per heavy atom. The van der Waals surface area contributed by atoms with Crippen LogP contribution in [0.2, 0.25) is 0 Å². The van der Waals surface area contributed by atoms with Crippen molar-refractivity contribution in [3.8, 4) is 5.75 Å². The number of hydrogen-bond donors (Lipinski definition) is 4. The maximum absolute atomic E-state index is 13.9. The topological polar surface area (TPSA) is 144 Å². The van der Waals surface area contributed by atoms with E-state index in [0.717, 1.165) is 0 Å². The summed E-state index contributed by atoms with van der Waals surface area (Å²) >= 11 is 0. The minimum absolute atomic E-state index is 0.0305. The van der Waals surface area contributed by atoms with E-state index in [1.54, 1.807) is 70.3 Å². The van der Waals surface area contributed by atoms with Crippen LogP contribution in [0, 0.1) is 16.7 Å². The van der Waals surface area contributed by atoms with Crippen molar-refractivity contribution in [3.63, 3.8) is 0 Å². The fourth-order valence-corrected chi connectivity index (χ4v) is 9.22. The molecule has 1 unspecified atom stereocenters. The van der Waals surface area contributed by atoms with Crippen molar-refractivity contribution in [1.82, 2.24) is 0 Å². The molecule has 5 aliphatic rings. The molecule has 2 aliphatic heterocycles. The van der Waals surface area contributed by atoms with E-state index in [0.29, 0.717) is 34.4 Å². The summed E-state index contributed by atoms with van der Waals surface area (Å²) in [7, 11) is 1.58. The third-order valence-electron chi connectivity index (χ3n) is 11.6. The molecular weight excluding hydrogens is 580 g/mol. The number of aliphatic hydroxyl groups is 4. The Morgan fingerprint density at radius 1 is 1.02 bits per heavy atom. The predicted octanol–water partition coefficient (Wildman–Crippen LogP) is 3.07. The number of hydrogen-bond acceptors (Lipinski definition) is 10. The molecule has 0 amide bonds. The van der Waals surface area contributed by atoms with Crippen LogP contribution in [0.5, 0.6) is 5.75 Å². The highest BCUT2D eigenvalue weighted by Crippen LogP contribution is 2.69. The molecule has 7 rings (SSSR count). The number of methoxy groups -OCH3 is 1. The Hall–Kier alpha value is -2.83. The van der Waals surface area contributed by atoms with E-state index in [-0.39, 0.29) is 13.0 Å². The molecule has 0 radical (unpaired) electrons. The molecule has 0 spiro atoms. The maximum Gasteiger partial charge on any atom is 0.338 e. The monoisotopic (exact) mass is 622 g/mol. The number of carbonyl (C=O) groups is 1. The molecule has 2 heterocycles. The quantitative estimate of drug-likeness (QED) is 0.290. The lowest BCUT2D eigenvalue weighted by Crippen LogP contribution is -2.79. The second kappa shape index (κ2) is 10.3. The summed E-state index contributed by atoms with van der Waals surface area (Å²) in [5.74, 6) is -0.901. The van der Waals surface area contributed by atoms with Crippen molar-refractivity contribution in [2.24, 2.45) is 16.7 Å². The summed E-state index contributed by atoms with van der Waals surface area (Å²) in [4.78, 5) is 13.9. The predicted molar refractivity (Wildman–Crippen MR) is 160 cm³/mol. The normalized spacial score (nSPS) is 42.1. The van der Waals surface area contributed by atoms with E-state index in [1.807, 2.05) is 19.1 Å². The van der Waals surface area contributed by atoms with E-state index in [9.17, 15) is 25.2 Å². The van der Waals surface area contributed by atoms with Crippen LogP contribution in [0.1, 0.15) is 62.7 Å². The van der Waals surface area contributed by atoms with Gasteiger partial charge in [-0.1, -0.05) is 37.3 Å². The van der Waals surface area contributed by atoms with Crippen molar-refractivity contribution in [2.75, 3.05) is 13.7 Å². The lowest BCUT2D eigenvalue weighted by molar-refractivity contribution is -0.401. The Labute approximate surface area is 262 Å². The number of aliphatic hydroxyl groups excluding tert-OH is 2. The molecule has 4 N–H and O–H groups in total. The van der Waals surface area contributed by atoms with Gasteiger partial charge in [0.25, 0.3) is 0 Å². The van der Waals surface area contributed by atoms with Gasteiger partial charge >= 0.3 is 5.97 Å². The molecule has 0 bridgehead atoms. The summed E-state index contributed by atoms with van der Waals surface area (Å²) in [6.45, 7) is 6.80. The van der Waals surface area contributed by atoms with Gasteiger partial charge in [0, 0.05) is 23.3 Å². The fraction of sp³-hybridized carbons (Fsp3) is 0.571. The van der Waals surface area contributed by atoms with Crippen LogP contribution < -0.4 is 4.74 Å². The molecule has 10 heteroatoms. The third-order valence-corrected chi connectivity index (χ3v) is 11.6. The average molecular weight is 623 g/mol. The van der Waals surface area contributed by atoms with Crippen molar-refractivity contribution in [1.29, 1.82) is 0 Å². The largest absolute Gasteiger partial charge is 0.497 e. The van der Waals surface area contributed by atoms with Crippen molar-refractivity contribution in [3.05, 3.63) is 76.9 Å². The zero-order valence-corrected chi connectivity index (χ0v) is 26.2. The van der Waals surface area contributed by atoms with E-state index in [2.05, 4.69) is 0 Å². The van der Waals surface area contributed by atoms with Gasteiger partial charge in [0.1, 0.15) is 23.6 Å². The van der Waals surface area contributed by atoms with Crippen LogP contribution in [-0.2, 0) is 18.9 Å². The van der Waals surface area contributed by atoms with E-state index < -0.39 is 76.8 Å². The first kappa shape index (κ1) is 30.8. The van der Waals surface area contributed by atoms with Gasteiger partial charge in [-0.25, -0.2) is 4.79 Å². The molecular formula is C35H42O10. The van der Waals surface area contributed by atoms with Gasteiger partial charge in [-0.2, -0.15) is 0 Å². The molecule has 2 saturated heterocycles. The Bertz CT molecular complexity index is 1500. The van der Waals surface area contributed by atoms with Crippen molar-refractivity contribution < 1.29 is 48.9 Å². The first-order chi connectivity index (χ1) is 21.3. The third kappa shape index (κ3) is 4.16. The second-order valence-electron chi connectivity index (χ2n) is 14.1. The molecule has 242 valence electrons. The number of esters is 1. The van der Waals surface area contributed by atoms with Crippen molar-refractivity contribution in [2.45, 2.75) is 94.7 Å². The summed E-state index contributed by atoms with van der Waals surface area (Å²) in [6.07, 6.45) is -6.41. The first-order valence-electron chi connectivity index (χ1n) is 15.6. The smallest absolute Gasteiger partial charge is 0.338 e. The summed E-state index contributed by atoms with van der Waals surface area (Å²) in [5.41, 5.74) is -3.90. The number of rotatable bonds is 5. The zero-order valence-electron chi connectivity index (χ0n) is 26.2. The maximum atomic E-state index is 13.9. The number of benzene rings is 2. The average Bonchev–Trinajstić information content (AvgIpc) is 3.26. The Balaban J connectivity index is 1.45. The molecule has 4 fully saturated rings. The van der Waals surface area contributed by atoms with Crippen LogP contribution in [-0.4, -0.2) is 87.9 Å². The zero-order chi connectivity index (χ0) is 32.1. The molecule has 10 nitrogen and oxygen atoms in total. The highest BCUT2D eigenvalue weighted by molar-refractivity contribution is 5.89. The highest BCUT2D eigenvalue weighted by Gasteiger charge is 2.79. The van der Waals surface area contributed by atoms with Crippen LogP contribution >= 0.6 is 0 Å². The number of ether oxygens (including phenoxy) is 5. The first-order valence-corrected chi connectivity index (χ1v) is 15.6. The van der Waals surface area contributed by atoms with Gasteiger partial charge in [0.15, 0.2) is 6.29 Å². The Morgan fingerprint density at radius 2 is 1.71 bits per heavy atom. The number of fused-ring (bicyclic) bond motifs is 3. The van der Waals surface area contributed by atoms with Crippen LogP contribution in [0.25, 0.3) is 0 Å².